The van der Waals surface area contributed by atoms with Gasteiger partial charge in [-0.3, -0.25) is 0 Å². The summed E-state index contributed by atoms with van der Waals surface area (Å²) < 4.78 is 6.16. The summed E-state index contributed by atoms with van der Waals surface area (Å²) in [6.07, 6.45) is 0. The molecule has 0 bridgehead atoms. The number of hydrogen-bond acceptors (Lipinski definition) is 6. The topological polar surface area (TPSA) is 82.5 Å². The van der Waals surface area contributed by atoms with E-state index in [1.54, 1.807) is 11.7 Å². The Balaban J connectivity index is 2.45. The summed E-state index contributed by atoms with van der Waals surface area (Å²) in [7, 11) is 1.80. The van der Waals surface area contributed by atoms with Crippen molar-refractivity contribution in [3.8, 4) is 0 Å². The Morgan fingerprint density at radius 3 is 2.67 bits per heavy atom. The van der Waals surface area contributed by atoms with Gasteiger partial charge in [-0.05, 0) is 34.4 Å². The third-order valence-electron chi connectivity index (χ3n) is 2.09. The maximum atomic E-state index is 6.11. The number of rotatable bonds is 2. The van der Waals surface area contributed by atoms with Gasteiger partial charge in [0.05, 0.1) is 22.3 Å². The smallest absolute Gasteiger partial charge is 0.153 e. The van der Waals surface area contributed by atoms with E-state index in [0.29, 0.717) is 4.60 Å². The number of nitrogens with zero attached hydrogens (tertiary/aromatic N) is 5. The summed E-state index contributed by atoms with van der Waals surface area (Å²) >= 11 is 4.61. The molecule has 8 heteroatoms. The van der Waals surface area contributed by atoms with Crippen molar-refractivity contribution in [2.75, 3.05) is 0 Å². The highest BCUT2D eigenvalue weighted by molar-refractivity contribution is 9.10. The highest BCUT2D eigenvalue weighted by Gasteiger charge is 2.21. The van der Waals surface area contributed by atoms with Crippen LogP contribution < -0.4 is 5.73 Å². The van der Waals surface area contributed by atoms with E-state index in [-0.39, 0.29) is 6.04 Å². The van der Waals surface area contributed by atoms with Crippen LogP contribution in [0.5, 0.6) is 0 Å². The van der Waals surface area contributed by atoms with Crippen LogP contribution in [0, 0.1) is 6.92 Å². The normalized spacial score (nSPS) is 13.1. The minimum Gasteiger partial charge on any atom is -0.318 e. The van der Waals surface area contributed by atoms with Gasteiger partial charge in [0, 0.05) is 7.05 Å². The predicted molar refractivity (Wildman–Crippen MR) is 59.4 cm³/mol. The third-order valence-corrected chi connectivity index (χ3v) is 3.56. The molecule has 0 spiro atoms. The van der Waals surface area contributed by atoms with Crippen molar-refractivity contribution in [1.82, 2.24) is 24.6 Å². The van der Waals surface area contributed by atoms with E-state index in [1.807, 2.05) is 6.92 Å². The molecule has 1 unspecified atom stereocenters. The second kappa shape index (κ2) is 3.95. The van der Waals surface area contributed by atoms with Gasteiger partial charge in [-0.1, -0.05) is 9.70 Å². The van der Waals surface area contributed by atoms with Gasteiger partial charge in [-0.25, -0.2) is 4.68 Å². The summed E-state index contributed by atoms with van der Waals surface area (Å²) in [6.45, 7) is 1.89. The molecule has 0 aliphatic carbocycles. The van der Waals surface area contributed by atoms with Crippen LogP contribution in [0.2, 0.25) is 0 Å². The molecular formula is C7H9BrN6S. The summed E-state index contributed by atoms with van der Waals surface area (Å²) in [5, 5.41) is 11.7. The monoisotopic (exact) mass is 288 g/mol. The Morgan fingerprint density at radius 1 is 1.47 bits per heavy atom. The second-order valence-corrected chi connectivity index (χ2v) is 4.63. The highest BCUT2D eigenvalue weighted by Crippen LogP contribution is 2.27. The first-order valence-electron chi connectivity index (χ1n) is 4.20. The van der Waals surface area contributed by atoms with Crippen molar-refractivity contribution in [2.45, 2.75) is 13.0 Å². The van der Waals surface area contributed by atoms with E-state index in [0.717, 1.165) is 16.3 Å². The maximum absolute atomic E-state index is 6.11. The van der Waals surface area contributed by atoms with E-state index in [4.69, 9.17) is 5.73 Å². The molecular weight excluding hydrogens is 280 g/mol. The van der Waals surface area contributed by atoms with Crippen LogP contribution in [0.25, 0.3) is 0 Å². The zero-order valence-corrected chi connectivity index (χ0v) is 10.6. The summed E-state index contributed by atoms with van der Waals surface area (Å²) in [5.74, 6) is 0. The highest BCUT2D eigenvalue weighted by atomic mass is 79.9. The molecule has 0 aliphatic heterocycles. The predicted octanol–water partition coefficient (Wildman–Crippen LogP) is 0.786. The summed E-state index contributed by atoms with van der Waals surface area (Å²) in [4.78, 5) is 0.932. The van der Waals surface area contributed by atoms with Gasteiger partial charge in [0.25, 0.3) is 0 Å². The Labute approximate surface area is 98.8 Å². The summed E-state index contributed by atoms with van der Waals surface area (Å²) in [5.41, 5.74) is 7.78. The van der Waals surface area contributed by atoms with Gasteiger partial charge in [-0.15, -0.1) is 10.2 Å². The van der Waals surface area contributed by atoms with Crippen molar-refractivity contribution < 1.29 is 0 Å². The average molecular weight is 289 g/mol. The second-order valence-electron chi connectivity index (χ2n) is 3.09. The lowest BCUT2D eigenvalue weighted by Crippen LogP contribution is -2.16. The van der Waals surface area contributed by atoms with Crippen LogP contribution in [-0.4, -0.2) is 24.6 Å². The fourth-order valence-corrected chi connectivity index (χ4v) is 2.54. The molecule has 6 nitrogen and oxygen atoms in total. The lowest BCUT2D eigenvalue weighted by Gasteiger charge is -2.09. The fraction of sp³-hybridized carbons (Fsp3) is 0.429. The first-order valence-corrected chi connectivity index (χ1v) is 5.77. The Kier molecular flexibility index (Phi) is 2.81. The van der Waals surface area contributed by atoms with Gasteiger partial charge in [-0.2, -0.15) is 0 Å². The van der Waals surface area contributed by atoms with Crippen molar-refractivity contribution >= 4 is 27.5 Å². The van der Waals surface area contributed by atoms with E-state index >= 15 is 0 Å². The van der Waals surface area contributed by atoms with Gasteiger partial charge < -0.3 is 5.73 Å². The lowest BCUT2D eigenvalue weighted by atomic mass is 10.2. The quantitative estimate of drug-likeness (QED) is 0.883. The molecule has 80 valence electrons. The molecule has 0 fully saturated rings. The molecule has 15 heavy (non-hydrogen) atoms. The molecule has 0 aliphatic rings. The van der Waals surface area contributed by atoms with Gasteiger partial charge in [0.15, 0.2) is 4.60 Å². The van der Waals surface area contributed by atoms with Crippen LogP contribution >= 0.6 is 27.5 Å². The molecule has 2 rings (SSSR count). The molecule has 1 atom stereocenters. The minimum atomic E-state index is -0.292. The zero-order valence-electron chi connectivity index (χ0n) is 8.18. The standard InChI is InChI=1S/C7H9BrN6S/c1-3-6(15-13-10-3)4(9)5-7(8)11-12-14(5)2/h4H,9H2,1-2H3. The van der Waals surface area contributed by atoms with Crippen LogP contribution in [0.3, 0.4) is 0 Å². The number of aryl methyl sites for hydroxylation is 2. The minimum absolute atomic E-state index is 0.292. The molecule has 2 aromatic heterocycles. The van der Waals surface area contributed by atoms with E-state index in [9.17, 15) is 0 Å². The molecule has 0 saturated heterocycles. The molecule has 2 heterocycles. The van der Waals surface area contributed by atoms with Crippen molar-refractivity contribution in [1.29, 1.82) is 0 Å². The maximum Gasteiger partial charge on any atom is 0.153 e. The van der Waals surface area contributed by atoms with Crippen LogP contribution in [0.15, 0.2) is 4.60 Å². The van der Waals surface area contributed by atoms with E-state index in [2.05, 4.69) is 35.8 Å². The average Bonchev–Trinajstić information content (AvgIpc) is 2.73. The number of hydrogen-bond donors (Lipinski definition) is 1. The van der Waals surface area contributed by atoms with Crippen molar-refractivity contribution in [2.24, 2.45) is 12.8 Å². The molecule has 0 aromatic carbocycles. The number of nitrogens with two attached hydrogens (primary N) is 1. The Morgan fingerprint density at radius 2 is 2.20 bits per heavy atom. The molecule has 0 radical (unpaired) electrons. The summed E-state index contributed by atoms with van der Waals surface area (Å²) in [6, 6.07) is -0.292. The lowest BCUT2D eigenvalue weighted by molar-refractivity contribution is 0.652. The third kappa shape index (κ3) is 1.80. The van der Waals surface area contributed by atoms with Gasteiger partial charge in [0.2, 0.25) is 0 Å². The van der Waals surface area contributed by atoms with Crippen LogP contribution in [-0.2, 0) is 7.05 Å². The first kappa shape index (κ1) is 10.7. The van der Waals surface area contributed by atoms with E-state index in [1.165, 1.54) is 11.5 Å². The van der Waals surface area contributed by atoms with Crippen LogP contribution in [0.1, 0.15) is 22.3 Å². The molecule has 0 saturated carbocycles. The molecule has 2 N–H and O–H groups in total. The Bertz CT molecular complexity index is 458. The number of halogens is 1. The van der Waals surface area contributed by atoms with Crippen molar-refractivity contribution in [3.63, 3.8) is 0 Å². The van der Waals surface area contributed by atoms with Gasteiger partial charge in [0.1, 0.15) is 0 Å². The van der Waals surface area contributed by atoms with Crippen LogP contribution in [0.4, 0.5) is 0 Å². The van der Waals surface area contributed by atoms with Crippen molar-refractivity contribution in [3.05, 3.63) is 20.9 Å². The van der Waals surface area contributed by atoms with Gasteiger partial charge >= 0.3 is 0 Å². The SMILES string of the molecule is Cc1nnsc1C(N)c1c(Br)nnn1C. The molecule has 2 aromatic rings. The first-order chi connectivity index (χ1) is 7.11. The number of aromatic nitrogens is 5. The largest absolute Gasteiger partial charge is 0.318 e. The fourth-order valence-electron chi connectivity index (χ4n) is 1.32. The zero-order chi connectivity index (χ0) is 11.0. The van der Waals surface area contributed by atoms with E-state index < -0.39 is 0 Å². The Hall–Kier alpha value is -0.860. The molecule has 0 amide bonds.